The third-order valence-corrected chi connectivity index (χ3v) is 4.44. The van der Waals surface area contributed by atoms with Crippen LogP contribution in [0.25, 0.3) is 0 Å². The van der Waals surface area contributed by atoms with Gasteiger partial charge in [0.1, 0.15) is 5.75 Å². The number of hydrogen-bond acceptors (Lipinski definition) is 3. The number of rotatable bonds is 4. The first-order chi connectivity index (χ1) is 9.51. The van der Waals surface area contributed by atoms with Crippen molar-refractivity contribution in [3.05, 3.63) is 23.8 Å². The van der Waals surface area contributed by atoms with Gasteiger partial charge in [-0.1, -0.05) is 13.8 Å². The van der Waals surface area contributed by atoms with Crippen LogP contribution < -0.4 is 15.8 Å². The number of nitrogens with two attached hydrogens (primary N) is 1. The summed E-state index contributed by atoms with van der Waals surface area (Å²) in [6, 6.07) is 5.69. The zero-order valence-electron chi connectivity index (χ0n) is 12.5. The molecular formula is C16H24N2O2. The van der Waals surface area contributed by atoms with E-state index in [0.717, 1.165) is 30.2 Å². The smallest absolute Gasteiger partial charge is 0.248 e. The standard InChI is InChI=1S/C16H24N2O2/c1-10-4-6-13(8-11(10)2)18-14-9-12(16(17)19)5-7-15(14)20-3/h5,7,9-11,13,18H,4,6,8H2,1-3H3,(H2,17,19). The van der Waals surface area contributed by atoms with Crippen molar-refractivity contribution in [1.82, 2.24) is 0 Å². The summed E-state index contributed by atoms with van der Waals surface area (Å²) in [6.45, 7) is 4.62. The van der Waals surface area contributed by atoms with Gasteiger partial charge in [-0.3, -0.25) is 4.79 Å². The van der Waals surface area contributed by atoms with Crippen LogP contribution in [0, 0.1) is 11.8 Å². The maximum Gasteiger partial charge on any atom is 0.248 e. The summed E-state index contributed by atoms with van der Waals surface area (Å²) >= 11 is 0. The van der Waals surface area contributed by atoms with Crippen LogP contribution in [-0.4, -0.2) is 19.1 Å². The molecule has 1 fully saturated rings. The molecule has 1 aliphatic rings. The van der Waals surface area contributed by atoms with E-state index in [1.807, 2.05) is 0 Å². The minimum Gasteiger partial charge on any atom is -0.495 e. The summed E-state index contributed by atoms with van der Waals surface area (Å²) in [7, 11) is 1.63. The normalized spacial score (nSPS) is 26.1. The molecule has 0 spiro atoms. The molecule has 1 amide bonds. The predicted octanol–water partition coefficient (Wildman–Crippen LogP) is 3.03. The van der Waals surface area contributed by atoms with Gasteiger partial charge in [0.05, 0.1) is 12.8 Å². The molecule has 3 unspecified atom stereocenters. The lowest BCUT2D eigenvalue weighted by Crippen LogP contribution is -2.30. The van der Waals surface area contributed by atoms with Crippen LogP contribution in [0.3, 0.4) is 0 Å². The Morgan fingerprint density at radius 2 is 2.05 bits per heavy atom. The molecule has 3 atom stereocenters. The van der Waals surface area contributed by atoms with Crippen LogP contribution in [0.2, 0.25) is 0 Å². The van der Waals surface area contributed by atoms with E-state index >= 15 is 0 Å². The summed E-state index contributed by atoms with van der Waals surface area (Å²) in [5.41, 5.74) is 6.70. The lowest BCUT2D eigenvalue weighted by atomic mass is 9.79. The fraction of sp³-hybridized carbons (Fsp3) is 0.562. The van der Waals surface area contributed by atoms with Gasteiger partial charge in [-0.15, -0.1) is 0 Å². The van der Waals surface area contributed by atoms with Gasteiger partial charge in [0.25, 0.3) is 0 Å². The summed E-state index contributed by atoms with van der Waals surface area (Å²) < 4.78 is 5.35. The fourth-order valence-corrected chi connectivity index (χ4v) is 2.87. The molecule has 0 bridgehead atoms. The zero-order valence-corrected chi connectivity index (χ0v) is 12.5. The Balaban J connectivity index is 2.15. The van der Waals surface area contributed by atoms with Crippen LogP contribution in [0.15, 0.2) is 18.2 Å². The Morgan fingerprint density at radius 3 is 2.65 bits per heavy atom. The van der Waals surface area contributed by atoms with E-state index in [0.29, 0.717) is 17.5 Å². The number of benzene rings is 1. The number of carbonyl (C=O) groups excluding carboxylic acids is 1. The van der Waals surface area contributed by atoms with E-state index in [-0.39, 0.29) is 0 Å². The second-order valence-electron chi connectivity index (χ2n) is 5.89. The first-order valence-electron chi connectivity index (χ1n) is 7.25. The van der Waals surface area contributed by atoms with E-state index in [1.165, 1.54) is 6.42 Å². The number of nitrogens with one attached hydrogen (secondary N) is 1. The van der Waals surface area contributed by atoms with Gasteiger partial charge in [0, 0.05) is 11.6 Å². The van der Waals surface area contributed by atoms with Gasteiger partial charge in [-0.05, 0) is 49.3 Å². The molecule has 0 aromatic heterocycles. The summed E-state index contributed by atoms with van der Waals surface area (Å²) in [5, 5.41) is 3.51. The highest BCUT2D eigenvalue weighted by Crippen LogP contribution is 2.33. The number of primary amides is 1. The monoisotopic (exact) mass is 276 g/mol. The van der Waals surface area contributed by atoms with Gasteiger partial charge in [0.15, 0.2) is 0 Å². The molecule has 1 saturated carbocycles. The molecule has 20 heavy (non-hydrogen) atoms. The average Bonchev–Trinajstić information content (AvgIpc) is 2.42. The second-order valence-corrected chi connectivity index (χ2v) is 5.89. The SMILES string of the molecule is COc1ccc(C(N)=O)cc1NC1CCC(C)C(C)C1. The highest BCUT2D eigenvalue weighted by Gasteiger charge is 2.25. The Morgan fingerprint density at radius 1 is 1.30 bits per heavy atom. The quantitative estimate of drug-likeness (QED) is 0.888. The van der Waals surface area contributed by atoms with Crippen LogP contribution in [0.5, 0.6) is 5.75 Å². The highest BCUT2D eigenvalue weighted by atomic mass is 16.5. The molecule has 1 aliphatic carbocycles. The Labute approximate surface area is 120 Å². The molecule has 2 rings (SSSR count). The van der Waals surface area contributed by atoms with Crippen molar-refractivity contribution in [2.75, 3.05) is 12.4 Å². The molecule has 3 N–H and O–H groups in total. The Kier molecular flexibility index (Phi) is 4.53. The van der Waals surface area contributed by atoms with Crippen molar-refractivity contribution in [2.45, 2.75) is 39.2 Å². The average molecular weight is 276 g/mol. The van der Waals surface area contributed by atoms with Gasteiger partial charge < -0.3 is 15.8 Å². The van der Waals surface area contributed by atoms with E-state index in [4.69, 9.17) is 10.5 Å². The number of amides is 1. The second kappa shape index (κ2) is 6.16. The van der Waals surface area contributed by atoms with Crippen LogP contribution >= 0.6 is 0 Å². The minimum absolute atomic E-state index is 0.415. The topological polar surface area (TPSA) is 64.3 Å². The molecule has 1 aromatic carbocycles. The van der Waals surface area contributed by atoms with E-state index in [9.17, 15) is 4.79 Å². The van der Waals surface area contributed by atoms with Crippen molar-refractivity contribution >= 4 is 11.6 Å². The number of methoxy groups -OCH3 is 1. The molecule has 4 nitrogen and oxygen atoms in total. The van der Waals surface area contributed by atoms with Crippen LogP contribution in [0.4, 0.5) is 5.69 Å². The molecule has 0 saturated heterocycles. The predicted molar refractivity (Wildman–Crippen MR) is 81.1 cm³/mol. The van der Waals surface area contributed by atoms with Crippen LogP contribution in [-0.2, 0) is 0 Å². The molecule has 0 radical (unpaired) electrons. The lowest BCUT2D eigenvalue weighted by molar-refractivity contribution is 0.100. The van der Waals surface area contributed by atoms with Crippen LogP contribution in [0.1, 0.15) is 43.5 Å². The fourth-order valence-electron chi connectivity index (χ4n) is 2.87. The number of carbonyl (C=O) groups is 1. The Bertz CT molecular complexity index is 487. The van der Waals surface area contributed by atoms with Gasteiger partial charge in [0.2, 0.25) is 5.91 Å². The zero-order chi connectivity index (χ0) is 14.7. The van der Waals surface area contributed by atoms with Crippen molar-refractivity contribution in [3.8, 4) is 5.75 Å². The maximum absolute atomic E-state index is 11.3. The van der Waals surface area contributed by atoms with Crippen molar-refractivity contribution in [3.63, 3.8) is 0 Å². The minimum atomic E-state index is -0.415. The van der Waals surface area contributed by atoms with E-state index < -0.39 is 5.91 Å². The summed E-state index contributed by atoms with van der Waals surface area (Å²) in [6.07, 6.45) is 3.53. The maximum atomic E-state index is 11.3. The first-order valence-corrected chi connectivity index (χ1v) is 7.25. The van der Waals surface area contributed by atoms with E-state index in [1.54, 1.807) is 25.3 Å². The molecule has 0 aliphatic heterocycles. The highest BCUT2D eigenvalue weighted by molar-refractivity contribution is 5.94. The van der Waals surface area contributed by atoms with Gasteiger partial charge in [-0.2, -0.15) is 0 Å². The van der Waals surface area contributed by atoms with Gasteiger partial charge in [-0.25, -0.2) is 0 Å². The van der Waals surface area contributed by atoms with Gasteiger partial charge >= 0.3 is 0 Å². The first kappa shape index (κ1) is 14.7. The third-order valence-electron chi connectivity index (χ3n) is 4.44. The van der Waals surface area contributed by atoms with Crippen molar-refractivity contribution in [2.24, 2.45) is 17.6 Å². The third kappa shape index (κ3) is 3.24. The molecule has 110 valence electrons. The van der Waals surface area contributed by atoms with Crippen molar-refractivity contribution in [1.29, 1.82) is 0 Å². The summed E-state index contributed by atoms with van der Waals surface area (Å²) in [5.74, 6) is 1.83. The lowest BCUT2D eigenvalue weighted by Gasteiger charge is -2.33. The molecule has 0 heterocycles. The number of ether oxygens (including phenoxy) is 1. The number of hydrogen-bond donors (Lipinski definition) is 2. The molecule has 4 heteroatoms. The molecular weight excluding hydrogens is 252 g/mol. The molecule has 1 aromatic rings. The summed E-state index contributed by atoms with van der Waals surface area (Å²) in [4.78, 5) is 11.3. The number of anilines is 1. The van der Waals surface area contributed by atoms with E-state index in [2.05, 4.69) is 19.2 Å². The van der Waals surface area contributed by atoms with Crippen molar-refractivity contribution < 1.29 is 9.53 Å². The largest absolute Gasteiger partial charge is 0.495 e. The Hall–Kier alpha value is -1.71.